The van der Waals surface area contributed by atoms with Crippen LogP contribution in [0.2, 0.25) is 0 Å². The van der Waals surface area contributed by atoms with Gasteiger partial charge in [0.15, 0.2) is 0 Å². The molecule has 0 aliphatic carbocycles. The van der Waals surface area contributed by atoms with E-state index in [1.54, 1.807) is 7.11 Å². The summed E-state index contributed by atoms with van der Waals surface area (Å²) in [5.41, 5.74) is -0.243. The molecule has 3 heteroatoms. The summed E-state index contributed by atoms with van der Waals surface area (Å²) in [6.45, 7) is 8.91. The van der Waals surface area contributed by atoms with Gasteiger partial charge in [0, 0.05) is 24.0 Å². The lowest BCUT2D eigenvalue weighted by molar-refractivity contribution is -0.124. The van der Waals surface area contributed by atoms with E-state index in [2.05, 4.69) is 26.1 Å². The molecule has 2 atom stereocenters. The second-order valence-electron chi connectivity index (χ2n) is 4.78. The van der Waals surface area contributed by atoms with Crippen LogP contribution in [-0.2, 0) is 9.53 Å². The fourth-order valence-electron chi connectivity index (χ4n) is 2.75. The van der Waals surface area contributed by atoms with Crippen molar-refractivity contribution in [1.29, 1.82) is 0 Å². The van der Waals surface area contributed by atoms with Crippen molar-refractivity contribution in [2.45, 2.75) is 39.7 Å². The maximum absolute atomic E-state index is 11.7. The molecule has 1 amide bonds. The second-order valence-corrected chi connectivity index (χ2v) is 4.78. The van der Waals surface area contributed by atoms with E-state index in [9.17, 15) is 4.79 Å². The molecular formula is C11H21NO2. The van der Waals surface area contributed by atoms with Gasteiger partial charge in [-0.05, 0) is 20.3 Å². The Labute approximate surface area is 86.2 Å². The van der Waals surface area contributed by atoms with Crippen LogP contribution >= 0.6 is 0 Å². The van der Waals surface area contributed by atoms with E-state index in [-0.39, 0.29) is 22.8 Å². The Balaban J connectivity index is 3.06. The average molecular weight is 199 g/mol. The molecule has 0 bridgehead atoms. The lowest BCUT2D eigenvalue weighted by atomic mass is 9.66. The summed E-state index contributed by atoms with van der Waals surface area (Å²) >= 11 is 0. The van der Waals surface area contributed by atoms with Gasteiger partial charge >= 0.3 is 0 Å². The average Bonchev–Trinajstić information content (AvgIpc) is 2.26. The minimum absolute atomic E-state index is 0.0300. The summed E-state index contributed by atoms with van der Waals surface area (Å²) in [4.78, 5) is 11.7. The number of rotatable bonds is 3. The molecule has 1 fully saturated rings. The van der Waals surface area contributed by atoms with E-state index in [0.29, 0.717) is 6.61 Å². The summed E-state index contributed by atoms with van der Waals surface area (Å²) in [6, 6.07) is 0. The van der Waals surface area contributed by atoms with Gasteiger partial charge in [0.2, 0.25) is 5.91 Å². The molecule has 3 nitrogen and oxygen atoms in total. The van der Waals surface area contributed by atoms with Gasteiger partial charge in [0.05, 0.1) is 6.61 Å². The molecule has 0 spiro atoms. The van der Waals surface area contributed by atoms with E-state index in [0.717, 1.165) is 6.42 Å². The van der Waals surface area contributed by atoms with Crippen molar-refractivity contribution in [3.05, 3.63) is 0 Å². The maximum Gasteiger partial charge on any atom is 0.224 e. The van der Waals surface area contributed by atoms with Gasteiger partial charge in [-0.1, -0.05) is 13.8 Å². The quantitative estimate of drug-likeness (QED) is 0.749. The lowest BCUT2D eigenvalue weighted by Gasteiger charge is -2.41. The normalized spacial score (nSPS) is 35.8. The molecule has 0 saturated carbocycles. The first kappa shape index (κ1) is 11.5. The minimum atomic E-state index is -0.172. The number of carbonyl (C=O) groups excluding carboxylic acids is 1. The van der Waals surface area contributed by atoms with Crippen molar-refractivity contribution in [3.8, 4) is 0 Å². The van der Waals surface area contributed by atoms with Crippen molar-refractivity contribution < 1.29 is 9.53 Å². The van der Waals surface area contributed by atoms with Crippen molar-refractivity contribution in [2.75, 3.05) is 13.7 Å². The van der Waals surface area contributed by atoms with E-state index in [4.69, 9.17) is 4.74 Å². The number of methoxy groups -OCH3 is 1. The third-order valence-electron chi connectivity index (χ3n) is 3.94. The lowest BCUT2D eigenvalue weighted by Crippen LogP contribution is -2.50. The first-order valence-corrected chi connectivity index (χ1v) is 5.22. The van der Waals surface area contributed by atoms with Crippen LogP contribution in [0.1, 0.15) is 34.1 Å². The van der Waals surface area contributed by atoms with Crippen molar-refractivity contribution >= 4 is 5.91 Å². The number of carbonyl (C=O) groups is 1. The summed E-state index contributed by atoms with van der Waals surface area (Å²) in [7, 11) is 1.70. The Morgan fingerprint density at radius 3 is 2.36 bits per heavy atom. The monoisotopic (exact) mass is 199 g/mol. The number of hydrogen-bond acceptors (Lipinski definition) is 2. The summed E-state index contributed by atoms with van der Waals surface area (Å²) in [5, 5.41) is 3.05. The van der Waals surface area contributed by atoms with Gasteiger partial charge in [-0.3, -0.25) is 4.79 Å². The minimum Gasteiger partial charge on any atom is -0.384 e. The molecule has 0 radical (unpaired) electrons. The maximum atomic E-state index is 11.7. The predicted molar refractivity (Wildman–Crippen MR) is 56.0 cm³/mol. The molecule has 1 saturated heterocycles. The Morgan fingerprint density at radius 1 is 1.50 bits per heavy atom. The SMILES string of the molecule is CCC1(COC)C(C)C(=O)NC1(C)C. The molecule has 0 aromatic rings. The van der Waals surface area contributed by atoms with Crippen LogP contribution in [-0.4, -0.2) is 25.2 Å². The zero-order chi connectivity index (χ0) is 11.0. The second kappa shape index (κ2) is 3.54. The van der Waals surface area contributed by atoms with Gasteiger partial charge in [0.1, 0.15) is 0 Å². The topological polar surface area (TPSA) is 38.3 Å². The molecule has 82 valence electrons. The first-order valence-electron chi connectivity index (χ1n) is 5.22. The largest absolute Gasteiger partial charge is 0.384 e. The molecule has 1 rings (SSSR count). The van der Waals surface area contributed by atoms with Gasteiger partial charge in [-0.2, -0.15) is 0 Å². The molecule has 1 heterocycles. The van der Waals surface area contributed by atoms with E-state index < -0.39 is 0 Å². The molecule has 1 N–H and O–H groups in total. The zero-order valence-electron chi connectivity index (χ0n) is 9.81. The number of ether oxygens (including phenoxy) is 1. The van der Waals surface area contributed by atoms with Gasteiger partial charge < -0.3 is 10.1 Å². The van der Waals surface area contributed by atoms with Crippen LogP contribution in [0, 0.1) is 11.3 Å². The van der Waals surface area contributed by atoms with Gasteiger partial charge in [0.25, 0.3) is 0 Å². The first-order chi connectivity index (χ1) is 6.41. The Bertz CT molecular complexity index is 237. The molecule has 14 heavy (non-hydrogen) atoms. The fraction of sp³-hybridized carbons (Fsp3) is 0.909. The number of nitrogens with one attached hydrogen (secondary N) is 1. The highest BCUT2D eigenvalue weighted by atomic mass is 16.5. The predicted octanol–water partition coefficient (Wildman–Crippen LogP) is 1.57. The highest BCUT2D eigenvalue weighted by Crippen LogP contribution is 2.46. The Kier molecular flexibility index (Phi) is 2.91. The molecule has 1 aliphatic heterocycles. The van der Waals surface area contributed by atoms with Crippen LogP contribution in [0.3, 0.4) is 0 Å². The van der Waals surface area contributed by atoms with Gasteiger partial charge in [-0.15, -0.1) is 0 Å². The van der Waals surface area contributed by atoms with Crippen LogP contribution in [0.25, 0.3) is 0 Å². The summed E-state index contributed by atoms with van der Waals surface area (Å²) in [6.07, 6.45) is 0.952. The summed E-state index contributed by atoms with van der Waals surface area (Å²) < 4.78 is 5.28. The number of amides is 1. The molecule has 0 aromatic heterocycles. The van der Waals surface area contributed by atoms with E-state index >= 15 is 0 Å². The molecule has 1 aliphatic rings. The standard InChI is InChI=1S/C11H21NO2/c1-6-11(7-14-5)8(2)9(13)12-10(11,3)4/h8H,6-7H2,1-5H3,(H,12,13). The van der Waals surface area contributed by atoms with E-state index in [1.165, 1.54) is 0 Å². The van der Waals surface area contributed by atoms with Crippen LogP contribution in [0.15, 0.2) is 0 Å². The molecule has 2 unspecified atom stereocenters. The molecular weight excluding hydrogens is 178 g/mol. The zero-order valence-corrected chi connectivity index (χ0v) is 9.81. The molecule has 0 aromatic carbocycles. The van der Waals surface area contributed by atoms with Crippen molar-refractivity contribution in [3.63, 3.8) is 0 Å². The Hall–Kier alpha value is -0.570. The van der Waals surface area contributed by atoms with E-state index in [1.807, 2.05) is 6.92 Å². The Morgan fingerprint density at radius 2 is 2.07 bits per heavy atom. The summed E-state index contributed by atoms with van der Waals surface area (Å²) in [5.74, 6) is 0.177. The third-order valence-corrected chi connectivity index (χ3v) is 3.94. The number of hydrogen-bond donors (Lipinski definition) is 1. The van der Waals surface area contributed by atoms with Crippen LogP contribution in [0.4, 0.5) is 0 Å². The fourth-order valence-corrected chi connectivity index (χ4v) is 2.75. The van der Waals surface area contributed by atoms with Gasteiger partial charge in [-0.25, -0.2) is 0 Å². The van der Waals surface area contributed by atoms with Crippen molar-refractivity contribution in [2.24, 2.45) is 11.3 Å². The van der Waals surface area contributed by atoms with Crippen LogP contribution in [0.5, 0.6) is 0 Å². The highest BCUT2D eigenvalue weighted by Gasteiger charge is 2.56. The third kappa shape index (κ3) is 1.34. The smallest absolute Gasteiger partial charge is 0.224 e. The van der Waals surface area contributed by atoms with Crippen LogP contribution < -0.4 is 5.32 Å². The highest BCUT2D eigenvalue weighted by molar-refractivity contribution is 5.83. The van der Waals surface area contributed by atoms with Crippen molar-refractivity contribution in [1.82, 2.24) is 5.32 Å².